The minimum atomic E-state index is -3.92. The number of nitrogens with one attached hydrogen (secondary N) is 2. The maximum atomic E-state index is 13.4. The number of hydrogen-bond donors (Lipinski definition) is 2. The Hall–Kier alpha value is -3.16. The average Bonchev–Trinajstić information content (AvgIpc) is 2.85. The quantitative estimate of drug-likeness (QED) is 0.484. The Morgan fingerprint density at radius 3 is 2.44 bits per heavy atom. The van der Waals surface area contributed by atoms with Gasteiger partial charge in [0, 0.05) is 0 Å². The summed E-state index contributed by atoms with van der Waals surface area (Å²) in [5.74, 6) is 0.260. The van der Waals surface area contributed by atoms with E-state index in [0.29, 0.717) is 12.4 Å². The summed E-state index contributed by atoms with van der Waals surface area (Å²) in [5.41, 5.74) is 3.21. The lowest BCUT2D eigenvalue weighted by Crippen LogP contribution is -2.49. The lowest BCUT2D eigenvalue weighted by atomic mass is 9.87. The number of ether oxygens (including phenoxy) is 1. The molecule has 3 aromatic rings. The van der Waals surface area contributed by atoms with Crippen molar-refractivity contribution in [3.63, 3.8) is 0 Å². The van der Waals surface area contributed by atoms with E-state index in [4.69, 9.17) is 4.74 Å². The van der Waals surface area contributed by atoms with Gasteiger partial charge in [0.2, 0.25) is 15.9 Å². The molecule has 0 bridgehead atoms. The van der Waals surface area contributed by atoms with Crippen molar-refractivity contribution in [1.29, 1.82) is 0 Å². The van der Waals surface area contributed by atoms with E-state index in [1.807, 2.05) is 55.5 Å². The van der Waals surface area contributed by atoms with Crippen LogP contribution in [0, 0.1) is 0 Å². The first-order valence-electron chi connectivity index (χ1n) is 11.6. The van der Waals surface area contributed by atoms with Gasteiger partial charge in [0.25, 0.3) is 0 Å². The van der Waals surface area contributed by atoms with Crippen molar-refractivity contribution in [2.75, 3.05) is 6.61 Å². The van der Waals surface area contributed by atoms with E-state index in [9.17, 15) is 13.2 Å². The standard InChI is InChI=1S/C27H30N2O4S/c1-2-33-22-15-17-23(18-16-22)34(31,32)29-26(19-20-9-4-3-5-10-20)27(30)28-25-14-8-12-21-11-6-7-13-24(21)25/h3-7,9-11,13,15-18,25-26,29H,2,8,12,14,19H2,1H3,(H,28,30). The molecule has 0 spiro atoms. The molecule has 2 N–H and O–H groups in total. The second kappa shape index (κ2) is 10.8. The molecule has 7 heteroatoms. The van der Waals surface area contributed by atoms with Crippen LogP contribution in [0.4, 0.5) is 0 Å². The van der Waals surface area contributed by atoms with Gasteiger partial charge in [-0.3, -0.25) is 4.79 Å². The second-order valence-electron chi connectivity index (χ2n) is 8.42. The molecule has 0 aromatic heterocycles. The van der Waals surface area contributed by atoms with E-state index in [2.05, 4.69) is 16.1 Å². The van der Waals surface area contributed by atoms with Crippen molar-refractivity contribution in [3.8, 4) is 5.75 Å². The van der Waals surface area contributed by atoms with Gasteiger partial charge >= 0.3 is 0 Å². The van der Waals surface area contributed by atoms with E-state index >= 15 is 0 Å². The summed E-state index contributed by atoms with van der Waals surface area (Å²) in [7, 11) is -3.92. The Morgan fingerprint density at radius 1 is 1.00 bits per heavy atom. The fourth-order valence-electron chi connectivity index (χ4n) is 4.35. The van der Waals surface area contributed by atoms with Crippen LogP contribution in [-0.2, 0) is 27.7 Å². The number of hydrogen-bond acceptors (Lipinski definition) is 4. The summed E-state index contributed by atoms with van der Waals surface area (Å²) in [6.45, 7) is 2.36. The molecule has 0 aliphatic heterocycles. The number of carbonyl (C=O) groups is 1. The van der Waals surface area contributed by atoms with E-state index in [1.165, 1.54) is 17.7 Å². The SMILES string of the molecule is CCOc1ccc(S(=O)(=O)NC(Cc2ccccc2)C(=O)NC2CCCc3ccccc32)cc1. The van der Waals surface area contributed by atoms with Crippen LogP contribution in [0.1, 0.15) is 42.5 Å². The molecular weight excluding hydrogens is 448 g/mol. The number of carbonyl (C=O) groups excluding carboxylic acids is 1. The van der Waals surface area contributed by atoms with Gasteiger partial charge in [0.05, 0.1) is 17.5 Å². The van der Waals surface area contributed by atoms with E-state index in [0.717, 1.165) is 30.4 Å². The highest BCUT2D eigenvalue weighted by molar-refractivity contribution is 7.89. The van der Waals surface area contributed by atoms with Crippen LogP contribution in [0.2, 0.25) is 0 Å². The first-order chi connectivity index (χ1) is 16.5. The first kappa shape index (κ1) is 24.0. The Labute approximate surface area is 201 Å². The fraction of sp³-hybridized carbons (Fsp3) is 0.296. The monoisotopic (exact) mass is 478 g/mol. The Balaban J connectivity index is 1.56. The van der Waals surface area contributed by atoms with E-state index < -0.39 is 16.1 Å². The van der Waals surface area contributed by atoms with Crippen molar-refractivity contribution < 1.29 is 17.9 Å². The largest absolute Gasteiger partial charge is 0.494 e. The number of amides is 1. The molecule has 1 aliphatic carbocycles. The zero-order valence-corrected chi connectivity index (χ0v) is 20.1. The summed E-state index contributed by atoms with van der Waals surface area (Å²) in [5, 5.41) is 3.11. The highest BCUT2D eigenvalue weighted by atomic mass is 32.2. The van der Waals surface area contributed by atoms with Crippen molar-refractivity contribution in [1.82, 2.24) is 10.0 Å². The van der Waals surface area contributed by atoms with Gasteiger partial charge in [-0.25, -0.2) is 8.42 Å². The van der Waals surface area contributed by atoms with Gasteiger partial charge in [-0.2, -0.15) is 4.72 Å². The molecule has 0 saturated heterocycles. The Bertz CT molecular complexity index is 1210. The molecule has 2 unspecified atom stereocenters. The van der Waals surface area contributed by atoms with Crippen LogP contribution in [-0.4, -0.2) is 27.0 Å². The molecule has 178 valence electrons. The highest BCUT2D eigenvalue weighted by Crippen LogP contribution is 2.29. The molecule has 1 aliphatic rings. The number of sulfonamides is 1. The molecule has 2 atom stereocenters. The Kier molecular flexibility index (Phi) is 7.65. The number of aryl methyl sites for hydroxylation is 1. The van der Waals surface area contributed by atoms with Crippen LogP contribution in [0.25, 0.3) is 0 Å². The molecule has 3 aromatic carbocycles. The zero-order valence-electron chi connectivity index (χ0n) is 19.2. The van der Waals surface area contributed by atoms with Crippen LogP contribution >= 0.6 is 0 Å². The summed E-state index contributed by atoms with van der Waals surface area (Å²) in [4.78, 5) is 13.5. The third-order valence-electron chi connectivity index (χ3n) is 6.03. The lowest BCUT2D eigenvalue weighted by molar-refractivity contribution is -0.123. The molecule has 0 radical (unpaired) electrons. The summed E-state index contributed by atoms with van der Waals surface area (Å²) >= 11 is 0. The number of benzene rings is 3. The number of rotatable bonds is 9. The van der Waals surface area contributed by atoms with Gasteiger partial charge in [-0.1, -0.05) is 54.6 Å². The second-order valence-corrected chi connectivity index (χ2v) is 10.1. The lowest BCUT2D eigenvalue weighted by Gasteiger charge is -2.28. The maximum Gasteiger partial charge on any atom is 0.241 e. The van der Waals surface area contributed by atoms with E-state index in [-0.39, 0.29) is 23.3 Å². The summed E-state index contributed by atoms with van der Waals surface area (Å²) < 4.78 is 34.4. The molecule has 1 amide bonds. The van der Waals surface area contributed by atoms with Gasteiger partial charge in [0.1, 0.15) is 11.8 Å². The van der Waals surface area contributed by atoms with Crippen LogP contribution < -0.4 is 14.8 Å². The molecular formula is C27H30N2O4S. The Morgan fingerprint density at radius 2 is 1.71 bits per heavy atom. The predicted octanol–water partition coefficient (Wildman–Crippen LogP) is 4.17. The molecule has 0 fully saturated rings. The van der Waals surface area contributed by atoms with Gasteiger partial charge in [-0.05, 0) is 73.6 Å². The average molecular weight is 479 g/mol. The molecule has 0 heterocycles. The molecule has 6 nitrogen and oxygen atoms in total. The molecule has 4 rings (SSSR count). The normalized spacial score (nSPS) is 16.3. The number of fused-ring (bicyclic) bond motifs is 1. The highest BCUT2D eigenvalue weighted by Gasteiger charge is 2.29. The molecule has 34 heavy (non-hydrogen) atoms. The fourth-order valence-corrected chi connectivity index (χ4v) is 5.55. The van der Waals surface area contributed by atoms with E-state index in [1.54, 1.807) is 12.1 Å². The maximum absolute atomic E-state index is 13.4. The van der Waals surface area contributed by atoms with Gasteiger partial charge in [0.15, 0.2) is 0 Å². The smallest absolute Gasteiger partial charge is 0.241 e. The minimum absolute atomic E-state index is 0.0878. The van der Waals surface area contributed by atoms with Crippen molar-refractivity contribution >= 4 is 15.9 Å². The third-order valence-corrected chi connectivity index (χ3v) is 7.52. The van der Waals surface area contributed by atoms with Crippen LogP contribution in [0.15, 0.2) is 83.8 Å². The van der Waals surface area contributed by atoms with Gasteiger partial charge in [-0.15, -0.1) is 0 Å². The first-order valence-corrected chi connectivity index (χ1v) is 13.1. The van der Waals surface area contributed by atoms with Crippen molar-refractivity contribution in [2.45, 2.75) is 49.6 Å². The molecule has 0 saturated carbocycles. The van der Waals surface area contributed by atoms with Crippen molar-refractivity contribution in [3.05, 3.63) is 95.6 Å². The third kappa shape index (κ3) is 5.85. The van der Waals surface area contributed by atoms with Gasteiger partial charge < -0.3 is 10.1 Å². The van der Waals surface area contributed by atoms with Crippen LogP contribution in [0.5, 0.6) is 5.75 Å². The predicted molar refractivity (Wildman–Crippen MR) is 132 cm³/mol. The topological polar surface area (TPSA) is 84.5 Å². The summed E-state index contributed by atoms with van der Waals surface area (Å²) in [6, 6.07) is 22.6. The van der Waals surface area contributed by atoms with Crippen molar-refractivity contribution in [2.24, 2.45) is 0 Å². The minimum Gasteiger partial charge on any atom is -0.494 e. The van der Waals surface area contributed by atoms with Crippen LogP contribution in [0.3, 0.4) is 0 Å². The zero-order chi connectivity index (χ0) is 24.0. The summed E-state index contributed by atoms with van der Waals surface area (Å²) in [6.07, 6.45) is 3.04.